The van der Waals surface area contributed by atoms with Crippen LogP contribution in [0.25, 0.3) is 10.8 Å². The Balaban J connectivity index is 1.56. The summed E-state index contributed by atoms with van der Waals surface area (Å²) in [5.74, 6) is 0. The minimum Gasteiger partial charge on any atom is -0.385 e. The van der Waals surface area contributed by atoms with Gasteiger partial charge in [-0.1, -0.05) is 18.2 Å². The highest BCUT2D eigenvalue weighted by Crippen LogP contribution is 2.07. The van der Waals surface area contributed by atoms with E-state index in [9.17, 15) is 9.90 Å². The fraction of sp³-hybridized carbons (Fsp3) is 0.500. The summed E-state index contributed by atoms with van der Waals surface area (Å²) in [5, 5.41) is 22.4. The average Bonchev–Trinajstić information content (AvgIpc) is 2.79. The molecule has 1 unspecified atom stereocenters. The van der Waals surface area contributed by atoms with Gasteiger partial charge in [0.15, 0.2) is 0 Å². The molecule has 1 saturated heterocycles. The lowest BCUT2D eigenvalue weighted by atomic mass is 10.1. The number of ether oxygens (including phenoxy) is 1. The highest BCUT2D eigenvalue weighted by molar-refractivity contribution is 5.80. The first-order valence-corrected chi connectivity index (χ1v) is 7.84. The summed E-state index contributed by atoms with van der Waals surface area (Å²) in [6.45, 7) is 3.57. The number of aliphatic hydroxyl groups is 1. The quantitative estimate of drug-likeness (QED) is 0.634. The Hall–Kier alpha value is -1.80. The number of benzene rings is 1. The molecule has 1 aromatic carbocycles. The molecule has 124 valence electrons. The van der Waals surface area contributed by atoms with Crippen molar-refractivity contribution in [1.82, 2.24) is 20.4 Å². The molecule has 7 heteroatoms. The predicted molar refractivity (Wildman–Crippen MR) is 87.5 cm³/mol. The highest BCUT2D eigenvalue weighted by Gasteiger charge is 2.28. The molecule has 3 N–H and O–H groups in total. The van der Waals surface area contributed by atoms with Gasteiger partial charge in [0.25, 0.3) is 5.56 Å². The zero-order chi connectivity index (χ0) is 16.1. The summed E-state index contributed by atoms with van der Waals surface area (Å²) in [7, 11) is 0. The molecular weight excluding hydrogens is 296 g/mol. The number of aromatic nitrogens is 2. The maximum atomic E-state index is 12.3. The summed E-state index contributed by atoms with van der Waals surface area (Å²) < 4.78 is 6.82. The lowest BCUT2D eigenvalue weighted by Crippen LogP contribution is -2.50. The van der Waals surface area contributed by atoms with E-state index in [1.54, 1.807) is 12.3 Å². The van der Waals surface area contributed by atoms with E-state index in [1.807, 2.05) is 18.2 Å². The van der Waals surface area contributed by atoms with Gasteiger partial charge in [0.1, 0.15) is 5.60 Å². The van der Waals surface area contributed by atoms with Gasteiger partial charge in [-0.05, 0) is 6.07 Å². The Kier molecular flexibility index (Phi) is 5.02. The van der Waals surface area contributed by atoms with Crippen LogP contribution in [-0.2, 0) is 11.3 Å². The molecule has 1 fully saturated rings. The number of hydrogen-bond donors (Lipinski definition) is 3. The van der Waals surface area contributed by atoms with Gasteiger partial charge < -0.3 is 20.5 Å². The molecule has 0 saturated carbocycles. The van der Waals surface area contributed by atoms with Crippen molar-refractivity contribution in [2.75, 3.05) is 39.4 Å². The maximum Gasteiger partial charge on any atom is 0.274 e. The zero-order valence-electron chi connectivity index (χ0n) is 13.0. The lowest BCUT2D eigenvalue weighted by Gasteiger charge is -2.26. The van der Waals surface area contributed by atoms with Crippen molar-refractivity contribution in [3.8, 4) is 0 Å². The van der Waals surface area contributed by atoms with Gasteiger partial charge in [0, 0.05) is 31.6 Å². The van der Waals surface area contributed by atoms with Crippen LogP contribution in [0.4, 0.5) is 0 Å². The normalized spacial score (nSPS) is 22.1. The average molecular weight is 318 g/mol. The number of hydrogen-bond acceptors (Lipinski definition) is 6. The number of nitrogens with zero attached hydrogens (tertiary/aromatic N) is 2. The molecule has 1 aromatic heterocycles. The summed E-state index contributed by atoms with van der Waals surface area (Å²) >= 11 is 0. The molecule has 3 rings (SSSR count). The van der Waals surface area contributed by atoms with E-state index in [0.717, 1.165) is 11.9 Å². The second kappa shape index (κ2) is 7.18. The van der Waals surface area contributed by atoms with E-state index in [-0.39, 0.29) is 5.56 Å². The maximum absolute atomic E-state index is 12.3. The van der Waals surface area contributed by atoms with Crippen molar-refractivity contribution in [1.29, 1.82) is 0 Å². The Morgan fingerprint density at radius 2 is 2.30 bits per heavy atom. The molecule has 1 aliphatic rings. The summed E-state index contributed by atoms with van der Waals surface area (Å²) in [5.41, 5.74) is -1.01. The second-order valence-corrected chi connectivity index (χ2v) is 5.89. The van der Waals surface area contributed by atoms with Crippen LogP contribution in [0.2, 0.25) is 0 Å². The van der Waals surface area contributed by atoms with Gasteiger partial charge in [0.05, 0.1) is 31.3 Å². The molecule has 7 nitrogen and oxygen atoms in total. The van der Waals surface area contributed by atoms with Crippen molar-refractivity contribution in [3.05, 3.63) is 40.8 Å². The minimum atomic E-state index is -0.918. The van der Waals surface area contributed by atoms with Crippen LogP contribution in [-0.4, -0.2) is 59.9 Å². The number of rotatable bonds is 5. The van der Waals surface area contributed by atoms with Crippen molar-refractivity contribution < 1.29 is 9.84 Å². The first kappa shape index (κ1) is 16.1. The molecule has 0 spiro atoms. The number of nitrogens with one attached hydrogen (secondary N) is 2. The fourth-order valence-electron chi connectivity index (χ4n) is 2.69. The van der Waals surface area contributed by atoms with E-state index in [1.165, 1.54) is 4.68 Å². The molecule has 23 heavy (non-hydrogen) atoms. The first-order chi connectivity index (χ1) is 11.2. The van der Waals surface area contributed by atoms with Gasteiger partial charge in [-0.2, -0.15) is 5.10 Å². The van der Waals surface area contributed by atoms with E-state index in [0.29, 0.717) is 44.8 Å². The molecule has 0 bridgehead atoms. The van der Waals surface area contributed by atoms with E-state index < -0.39 is 5.60 Å². The summed E-state index contributed by atoms with van der Waals surface area (Å²) in [6, 6.07) is 7.42. The Morgan fingerprint density at radius 3 is 3.22 bits per heavy atom. The van der Waals surface area contributed by atoms with Crippen LogP contribution in [0.15, 0.2) is 35.3 Å². The molecule has 1 aliphatic heterocycles. The van der Waals surface area contributed by atoms with E-state index in [2.05, 4.69) is 15.7 Å². The molecule has 2 aromatic rings. The van der Waals surface area contributed by atoms with E-state index >= 15 is 0 Å². The van der Waals surface area contributed by atoms with Crippen LogP contribution in [0, 0.1) is 0 Å². The van der Waals surface area contributed by atoms with Crippen molar-refractivity contribution >= 4 is 10.8 Å². The lowest BCUT2D eigenvalue weighted by molar-refractivity contribution is -0.0262. The number of β-amino-alcohol motifs (C(OH)–C–C–N with tert-alkyl or cyclic N) is 1. The SMILES string of the molecule is O=c1c2ccccc2cnn1CCNCC1(O)CNCCOC1. The standard InChI is InChI=1S/C16H22N4O3/c21-15-14-4-2-1-3-13(14)9-19-20(15)7-5-17-10-16(22)11-18-6-8-23-12-16/h1-4,9,17-18,22H,5-8,10-12H2. The molecule has 0 radical (unpaired) electrons. The van der Waals surface area contributed by atoms with Crippen molar-refractivity contribution in [3.63, 3.8) is 0 Å². The van der Waals surface area contributed by atoms with Gasteiger partial charge in [-0.25, -0.2) is 4.68 Å². The summed E-state index contributed by atoms with van der Waals surface area (Å²) in [6.07, 6.45) is 1.70. The third kappa shape index (κ3) is 3.94. The van der Waals surface area contributed by atoms with E-state index in [4.69, 9.17) is 4.74 Å². The van der Waals surface area contributed by atoms with Crippen molar-refractivity contribution in [2.45, 2.75) is 12.1 Å². The second-order valence-electron chi connectivity index (χ2n) is 5.89. The zero-order valence-corrected chi connectivity index (χ0v) is 13.0. The molecular formula is C16H22N4O3. The van der Waals surface area contributed by atoms with Crippen LogP contribution in [0.5, 0.6) is 0 Å². The third-order valence-corrected chi connectivity index (χ3v) is 3.96. The molecule has 0 aliphatic carbocycles. The number of fused-ring (bicyclic) bond motifs is 1. The minimum absolute atomic E-state index is 0.0944. The molecule has 0 amide bonds. The van der Waals surface area contributed by atoms with Crippen LogP contribution < -0.4 is 16.2 Å². The van der Waals surface area contributed by atoms with Crippen LogP contribution in [0.3, 0.4) is 0 Å². The predicted octanol–water partition coefficient (Wildman–Crippen LogP) is -0.663. The molecule has 2 heterocycles. The van der Waals surface area contributed by atoms with Gasteiger partial charge in [0.2, 0.25) is 0 Å². The summed E-state index contributed by atoms with van der Waals surface area (Å²) in [4.78, 5) is 12.3. The Morgan fingerprint density at radius 1 is 1.43 bits per heavy atom. The van der Waals surface area contributed by atoms with Crippen LogP contribution in [0.1, 0.15) is 0 Å². The topological polar surface area (TPSA) is 88.4 Å². The monoisotopic (exact) mass is 318 g/mol. The van der Waals surface area contributed by atoms with Gasteiger partial charge in [-0.3, -0.25) is 4.79 Å². The highest BCUT2D eigenvalue weighted by atomic mass is 16.5. The third-order valence-electron chi connectivity index (χ3n) is 3.96. The Labute approximate surface area is 134 Å². The van der Waals surface area contributed by atoms with Gasteiger partial charge in [-0.15, -0.1) is 0 Å². The first-order valence-electron chi connectivity index (χ1n) is 7.84. The van der Waals surface area contributed by atoms with Crippen LogP contribution >= 0.6 is 0 Å². The largest absolute Gasteiger partial charge is 0.385 e. The van der Waals surface area contributed by atoms with Gasteiger partial charge >= 0.3 is 0 Å². The smallest absolute Gasteiger partial charge is 0.274 e. The molecule has 1 atom stereocenters. The van der Waals surface area contributed by atoms with Crippen molar-refractivity contribution in [2.24, 2.45) is 0 Å². The Bertz CT molecular complexity index is 708. The fourth-order valence-corrected chi connectivity index (χ4v) is 2.69.